The van der Waals surface area contributed by atoms with Gasteiger partial charge in [-0.05, 0) is 42.8 Å². The molecule has 28 heavy (non-hydrogen) atoms. The second kappa shape index (κ2) is 10.4. The fourth-order valence-corrected chi connectivity index (χ4v) is 2.49. The third-order valence-corrected chi connectivity index (χ3v) is 4.15. The van der Waals surface area contributed by atoms with Crippen molar-refractivity contribution in [2.45, 2.75) is 19.9 Å². The Bertz CT molecular complexity index is 868. The van der Waals surface area contributed by atoms with Crippen molar-refractivity contribution in [2.75, 3.05) is 11.9 Å². The molecule has 1 atom stereocenters. The van der Waals surface area contributed by atoms with Gasteiger partial charge in [0.2, 0.25) is 5.91 Å². The van der Waals surface area contributed by atoms with Gasteiger partial charge in [0.05, 0.1) is 13.2 Å². The summed E-state index contributed by atoms with van der Waals surface area (Å²) in [5.41, 5.74) is 7.11. The molecular weight excluding hydrogens is 378 g/mol. The zero-order valence-corrected chi connectivity index (χ0v) is 16.4. The first-order chi connectivity index (χ1) is 13.2. The highest BCUT2D eigenvalue weighted by atomic mass is 35.5. The Hall–Kier alpha value is -2.90. The minimum atomic E-state index is -0.159. The summed E-state index contributed by atoms with van der Waals surface area (Å²) in [5.74, 6) is 1.83. The number of aromatic nitrogens is 3. The lowest BCUT2D eigenvalue weighted by atomic mass is 10.1. The van der Waals surface area contributed by atoms with E-state index < -0.39 is 0 Å². The molecule has 0 aliphatic carbocycles. The number of hydrogen-bond acceptors (Lipinski definition) is 5. The van der Waals surface area contributed by atoms with Crippen LogP contribution in [0.1, 0.15) is 19.2 Å². The van der Waals surface area contributed by atoms with Gasteiger partial charge in [0.1, 0.15) is 11.6 Å². The number of nitrogens with one attached hydrogen (secondary N) is 2. The molecule has 3 aromatic rings. The molecule has 7 nitrogen and oxygen atoms in total. The molecule has 0 radical (unpaired) electrons. The Morgan fingerprint density at radius 1 is 1.18 bits per heavy atom. The molecule has 8 heteroatoms. The molecule has 4 N–H and O–H groups in total. The minimum absolute atomic E-state index is 0. The lowest BCUT2D eigenvalue weighted by Gasteiger charge is -2.13. The standard InChI is InChI=1S/C20H23N5O2.ClH/c1-14(11-12-27-17-5-3-2-4-6-17)20(26)22-16-9-7-15(8-10-16)19-23-18(13-21)24-25-19;/h2-10,14H,11-13,21H2,1H3,(H,22,26)(H,23,24,25);1H. The molecule has 0 saturated carbocycles. The molecule has 148 valence electrons. The largest absolute Gasteiger partial charge is 0.494 e. The summed E-state index contributed by atoms with van der Waals surface area (Å²) in [6.07, 6.45) is 0.637. The molecule has 0 bridgehead atoms. The molecular formula is C20H24ClN5O2. The zero-order valence-electron chi connectivity index (χ0n) is 15.6. The number of rotatable bonds is 8. The maximum atomic E-state index is 12.3. The molecule has 0 aliphatic rings. The molecule has 0 spiro atoms. The topological polar surface area (TPSA) is 106 Å². The fraction of sp³-hybridized carbons (Fsp3) is 0.250. The van der Waals surface area contributed by atoms with Crippen LogP contribution < -0.4 is 15.8 Å². The maximum absolute atomic E-state index is 12.3. The zero-order chi connectivity index (χ0) is 19.1. The van der Waals surface area contributed by atoms with E-state index in [4.69, 9.17) is 10.5 Å². The third kappa shape index (κ3) is 5.80. The molecule has 0 aliphatic heterocycles. The van der Waals surface area contributed by atoms with Gasteiger partial charge in [0.15, 0.2) is 5.82 Å². The van der Waals surface area contributed by atoms with Gasteiger partial charge in [-0.2, -0.15) is 5.10 Å². The van der Waals surface area contributed by atoms with Gasteiger partial charge in [-0.3, -0.25) is 9.89 Å². The van der Waals surface area contributed by atoms with Crippen molar-refractivity contribution in [3.05, 3.63) is 60.4 Å². The van der Waals surface area contributed by atoms with Crippen LogP contribution in [0.4, 0.5) is 5.69 Å². The van der Waals surface area contributed by atoms with Gasteiger partial charge < -0.3 is 15.8 Å². The first kappa shape index (κ1) is 21.4. The van der Waals surface area contributed by atoms with Gasteiger partial charge >= 0.3 is 0 Å². The quantitative estimate of drug-likeness (QED) is 0.536. The molecule has 1 aromatic heterocycles. The summed E-state index contributed by atoms with van der Waals surface area (Å²) >= 11 is 0. The highest BCUT2D eigenvalue weighted by molar-refractivity contribution is 5.92. The molecule has 1 heterocycles. The van der Waals surface area contributed by atoms with Crippen LogP contribution >= 0.6 is 12.4 Å². The summed E-state index contributed by atoms with van der Waals surface area (Å²) in [6.45, 7) is 2.69. The maximum Gasteiger partial charge on any atom is 0.227 e. The van der Waals surface area contributed by atoms with Gasteiger partial charge in [-0.15, -0.1) is 12.4 Å². The Balaban J connectivity index is 0.00000280. The number of ether oxygens (including phenoxy) is 1. The molecule has 0 fully saturated rings. The molecule has 3 rings (SSSR count). The van der Waals surface area contributed by atoms with Gasteiger partial charge in [0.25, 0.3) is 0 Å². The van der Waals surface area contributed by atoms with Crippen LogP contribution in [-0.2, 0) is 11.3 Å². The van der Waals surface area contributed by atoms with Crippen molar-refractivity contribution in [1.82, 2.24) is 15.2 Å². The number of para-hydroxylation sites is 1. The highest BCUT2D eigenvalue weighted by Crippen LogP contribution is 2.19. The van der Waals surface area contributed by atoms with Crippen LogP contribution in [0.15, 0.2) is 54.6 Å². The Kier molecular flexibility index (Phi) is 7.98. The molecule has 1 amide bonds. The Morgan fingerprint density at radius 3 is 2.54 bits per heavy atom. The van der Waals surface area contributed by atoms with Gasteiger partial charge in [0, 0.05) is 17.2 Å². The minimum Gasteiger partial charge on any atom is -0.494 e. The fourth-order valence-electron chi connectivity index (χ4n) is 2.49. The monoisotopic (exact) mass is 401 g/mol. The average molecular weight is 402 g/mol. The molecule has 1 unspecified atom stereocenters. The summed E-state index contributed by atoms with van der Waals surface area (Å²) in [6, 6.07) is 17.0. The first-order valence-electron chi connectivity index (χ1n) is 8.86. The van der Waals surface area contributed by atoms with Crippen molar-refractivity contribution >= 4 is 24.0 Å². The number of aromatic amines is 1. The first-order valence-corrected chi connectivity index (χ1v) is 8.86. The predicted octanol–water partition coefficient (Wildman–Crippen LogP) is 3.40. The van der Waals surface area contributed by atoms with Crippen molar-refractivity contribution in [3.63, 3.8) is 0 Å². The normalized spacial score (nSPS) is 11.4. The summed E-state index contributed by atoms with van der Waals surface area (Å²) in [7, 11) is 0. The molecule has 0 saturated heterocycles. The Morgan fingerprint density at radius 2 is 1.89 bits per heavy atom. The lowest BCUT2D eigenvalue weighted by molar-refractivity contribution is -0.119. The van der Waals surface area contributed by atoms with Crippen LogP contribution in [0.25, 0.3) is 11.4 Å². The van der Waals surface area contributed by atoms with Crippen molar-refractivity contribution in [3.8, 4) is 17.1 Å². The summed E-state index contributed by atoms with van der Waals surface area (Å²) < 4.78 is 5.65. The number of benzene rings is 2. The van der Waals surface area contributed by atoms with Crippen LogP contribution in [0.2, 0.25) is 0 Å². The van der Waals surface area contributed by atoms with E-state index >= 15 is 0 Å². The number of carbonyl (C=O) groups excluding carboxylic acids is 1. The number of nitrogens with zero attached hydrogens (tertiary/aromatic N) is 2. The van der Waals surface area contributed by atoms with Crippen LogP contribution in [0.5, 0.6) is 5.75 Å². The van der Waals surface area contributed by atoms with Gasteiger partial charge in [-0.1, -0.05) is 25.1 Å². The van der Waals surface area contributed by atoms with E-state index in [-0.39, 0.29) is 24.2 Å². The Labute approximate surface area is 170 Å². The van der Waals surface area contributed by atoms with E-state index in [0.717, 1.165) is 17.0 Å². The second-order valence-electron chi connectivity index (χ2n) is 6.23. The third-order valence-electron chi connectivity index (χ3n) is 4.15. The highest BCUT2D eigenvalue weighted by Gasteiger charge is 2.13. The van der Waals surface area contributed by atoms with E-state index in [9.17, 15) is 4.79 Å². The lowest BCUT2D eigenvalue weighted by Crippen LogP contribution is -2.22. The number of H-pyrrole nitrogens is 1. The number of nitrogens with two attached hydrogens (primary N) is 1. The number of halogens is 1. The van der Waals surface area contributed by atoms with E-state index in [1.807, 2.05) is 61.5 Å². The van der Waals surface area contributed by atoms with Gasteiger partial charge in [-0.25, -0.2) is 4.98 Å². The SMILES string of the molecule is CC(CCOc1ccccc1)C(=O)Nc1ccc(-c2n[nH]c(CN)n2)cc1.Cl. The predicted molar refractivity (Wildman–Crippen MR) is 111 cm³/mol. The van der Waals surface area contributed by atoms with Crippen molar-refractivity contribution in [2.24, 2.45) is 11.7 Å². The number of carbonyl (C=O) groups is 1. The van der Waals surface area contributed by atoms with E-state index in [2.05, 4.69) is 20.5 Å². The van der Waals surface area contributed by atoms with Crippen LogP contribution in [0, 0.1) is 5.92 Å². The van der Waals surface area contributed by atoms with Crippen molar-refractivity contribution < 1.29 is 9.53 Å². The summed E-state index contributed by atoms with van der Waals surface area (Å²) in [5, 5.41) is 9.82. The number of hydrogen-bond donors (Lipinski definition) is 3. The van der Waals surface area contributed by atoms with Crippen LogP contribution in [-0.4, -0.2) is 27.7 Å². The van der Waals surface area contributed by atoms with Crippen molar-refractivity contribution in [1.29, 1.82) is 0 Å². The number of anilines is 1. The number of amides is 1. The van der Waals surface area contributed by atoms with Crippen LogP contribution in [0.3, 0.4) is 0 Å². The second-order valence-corrected chi connectivity index (χ2v) is 6.23. The molecule has 2 aromatic carbocycles. The van der Waals surface area contributed by atoms with E-state index in [0.29, 0.717) is 31.2 Å². The average Bonchev–Trinajstić information content (AvgIpc) is 3.18. The summed E-state index contributed by atoms with van der Waals surface area (Å²) in [4.78, 5) is 16.6. The smallest absolute Gasteiger partial charge is 0.227 e. The van der Waals surface area contributed by atoms with E-state index in [1.54, 1.807) is 0 Å². The van der Waals surface area contributed by atoms with E-state index in [1.165, 1.54) is 0 Å².